The van der Waals surface area contributed by atoms with Crippen LogP contribution in [0.3, 0.4) is 0 Å². The molecule has 2 aromatic carbocycles. The molecule has 0 saturated heterocycles. The number of nitrogens with zero attached hydrogens (tertiary/aromatic N) is 1. The van der Waals surface area contributed by atoms with E-state index in [4.69, 9.17) is 10.00 Å². The van der Waals surface area contributed by atoms with Crippen molar-refractivity contribution < 1.29 is 13.5 Å². The maximum absolute atomic E-state index is 13.3. The molecule has 0 aliphatic rings. The first-order valence-corrected chi connectivity index (χ1v) is 5.20. The van der Waals surface area contributed by atoms with E-state index in [0.29, 0.717) is 16.9 Å². The van der Waals surface area contributed by atoms with Crippen molar-refractivity contribution in [3.63, 3.8) is 0 Å². The van der Waals surface area contributed by atoms with Crippen LogP contribution in [0.15, 0.2) is 36.4 Å². The molecule has 0 aliphatic carbocycles. The highest BCUT2D eigenvalue weighted by atomic mass is 19.2. The van der Waals surface area contributed by atoms with Gasteiger partial charge in [0, 0.05) is 11.1 Å². The van der Waals surface area contributed by atoms with E-state index in [1.807, 2.05) is 6.07 Å². The van der Waals surface area contributed by atoms with Crippen LogP contribution in [0.25, 0.3) is 11.1 Å². The van der Waals surface area contributed by atoms with Gasteiger partial charge in [-0.1, -0.05) is 18.2 Å². The Morgan fingerprint density at radius 3 is 2.39 bits per heavy atom. The van der Waals surface area contributed by atoms with Crippen LogP contribution in [-0.2, 0) is 0 Å². The summed E-state index contributed by atoms with van der Waals surface area (Å²) in [6, 6.07) is 10.6. The zero-order valence-corrected chi connectivity index (χ0v) is 9.58. The van der Waals surface area contributed by atoms with Crippen LogP contribution in [-0.4, -0.2) is 7.11 Å². The molecule has 0 saturated carbocycles. The lowest BCUT2D eigenvalue weighted by Crippen LogP contribution is -1.94. The SMILES string of the molecule is COc1ccccc1-c1cc(F)c(F)cc1C#N. The summed E-state index contributed by atoms with van der Waals surface area (Å²) in [5.74, 6) is -1.53. The zero-order chi connectivity index (χ0) is 13.1. The van der Waals surface area contributed by atoms with Gasteiger partial charge in [0.25, 0.3) is 0 Å². The smallest absolute Gasteiger partial charge is 0.160 e. The number of hydrogen-bond acceptors (Lipinski definition) is 2. The minimum absolute atomic E-state index is 0.0680. The lowest BCUT2D eigenvalue weighted by molar-refractivity contribution is 0.416. The van der Waals surface area contributed by atoms with E-state index in [1.54, 1.807) is 24.3 Å². The van der Waals surface area contributed by atoms with Gasteiger partial charge in [-0.2, -0.15) is 5.26 Å². The lowest BCUT2D eigenvalue weighted by atomic mass is 9.99. The van der Waals surface area contributed by atoms with E-state index in [9.17, 15) is 8.78 Å². The van der Waals surface area contributed by atoms with E-state index in [1.165, 1.54) is 7.11 Å². The third kappa shape index (κ3) is 2.03. The maximum Gasteiger partial charge on any atom is 0.160 e. The number of rotatable bonds is 2. The van der Waals surface area contributed by atoms with Crippen molar-refractivity contribution in [1.29, 1.82) is 5.26 Å². The Balaban J connectivity index is 2.71. The van der Waals surface area contributed by atoms with Crippen molar-refractivity contribution in [2.75, 3.05) is 7.11 Å². The van der Waals surface area contributed by atoms with Gasteiger partial charge in [0.05, 0.1) is 18.7 Å². The van der Waals surface area contributed by atoms with Crippen LogP contribution in [0.4, 0.5) is 8.78 Å². The van der Waals surface area contributed by atoms with Gasteiger partial charge >= 0.3 is 0 Å². The monoisotopic (exact) mass is 245 g/mol. The number of methoxy groups -OCH3 is 1. The Morgan fingerprint density at radius 1 is 1.06 bits per heavy atom. The van der Waals surface area contributed by atoms with Crippen molar-refractivity contribution in [2.45, 2.75) is 0 Å². The highest BCUT2D eigenvalue weighted by molar-refractivity contribution is 5.75. The summed E-state index contributed by atoms with van der Waals surface area (Å²) in [5, 5.41) is 8.98. The van der Waals surface area contributed by atoms with E-state index < -0.39 is 11.6 Å². The third-order valence-corrected chi connectivity index (χ3v) is 2.58. The Labute approximate surface area is 103 Å². The predicted molar refractivity (Wildman–Crippen MR) is 63.1 cm³/mol. The summed E-state index contributed by atoms with van der Waals surface area (Å²) in [4.78, 5) is 0. The van der Waals surface area contributed by atoms with Crippen LogP contribution in [0.1, 0.15) is 5.56 Å². The van der Waals surface area contributed by atoms with Crippen molar-refractivity contribution in [2.24, 2.45) is 0 Å². The van der Waals surface area contributed by atoms with Gasteiger partial charge in [0.15, 0.2) is 11.6 Å². The largest absolute Gasteiger partial charge is 0.496 e. The molecular weight excluding hydrogens is 236 g/mol. The molecule has 18 heavy (non-hydrogen) atoms. The first-order chi connectivity index (χ1) is 8.67. The van der Waals surface area contributed by atoms with Crippen molar-refractivity contribution in [3.05, 3.63) is 53.6 Å². The number of ether oxygens (including phenoxy) is 1. The molecule has 0 heterocycles. The molecule has 2 rings (SSSR count). The molecule has 90 valence electrons. The number of hydrogen-bond donors (Lipinski definition) is 0. The molecule has 2 nitrogen and oxygen atoms in total. The van der Waals surface area contributed by atoms with E-state index in [0.717, 1.165) is 12.1 Å². The zero-order valence-electron chi connectivity index (χ0n) is 9.58. The summed E-state index contributed by atoms with van der Waals surface area (Å²) in [6.07, 6.45) is 0. The normalized spacial score (nSPS) is 9.89. The Hall–Kier alpha value is -2.41. The van der Waals surface area contributed by atoms with Crippen molar-refractivity contribution >= 4 is 0 Å². The van der Waals surface area contributed by atoms with Crippen molar-refractivity contribution in [3.8, 4) is 22.9 Å². The second-order valence-electron chi connectivity index (χ2n) is 3.62. The Morgan fingerprint density at radius 2 is 1.72 bits per heavy atom. The highest BCUT2D eigenvalue weighted by Gasteiger charge is 2.14. The quantitative estimate of drug-likeness (QED) is 0.811. The fourth-order valence-electron chi connectivity index (χ4n) is 1.73. The molecule has 0 aromatic heterocycles. The fourth-order valence-corrected chi connectivity index (χ4v) is 1.73. The van der Waals surface area contributed by atoms with Crippen LogP contribution in [0.5, 0.6) is 5.75 Å². The molecule has 0 amide bonds. The third-order valence-electron chi connectivity index (χ3n) is 2.58. The Bertz CT molecular complexity index is 632. The summed E-state index contributed by atoms with van der Waals surface area (Å²) in [7, 11) is 1.48. The van der Waals surface area contributed by atoms with Crippen LogP contribution in [0.2, 0.25) is 0 Å². The van der Waals surface area contributed by atoms with Crippen LogP contribution < -0.4 is 4.74 Å². The summed E-state index contributed by atoms with van der Waals surface area (Å²) >= 11 is 0. The summed E-state index contributed by atoms with van der Waals surface area (Å²) in [5.41, 5.74) is 0.933. The second-order valence-corrected chi connectivity index (χ2v) is 3.62. The first-order valence-electron chi connectivity index (χ1n) is 5.20. The molecule has 0 aliphatic heterocycles. The van der Waals surface area contributed by atoms with Crippen molar-refractivity contribution in [1.82, 2.24) is 0 Å². The fraction of sp³-hybridized carbons (Fsp3) is 0.0714. The van der Waals surface area contributed by atoms with Crippen LogP contribution >= 0.6 is 0 Å². The first kappa shape index (κ1) is 12.1. The molecule has 0 unspecified atom stereocenters. The molecule has 4 heteroatoms. The van der Waals surface area contributed by atoms with E-state index in [-0.39, 0.29) is 5.56 Å². The molecule has 2 aromatic rings. The summed E-state index contributed by atoms with van der Waals surface area (Å²) in [6.45, 7) is 0. The maximum atomic E-state index is 13.3. The number of benzene rings is 2. The van der Waals surface area contributed by atoms with Gasteiger partial charge < -0.3 is 4.74 Å². The van der Waals surface area contributed by atoms with E-state index >= 15 is 0 Å². The predicted octanol–water partition coefficient (Wildman–Crippen LogP) is 3.51. The topological polar surface area (TPSA) is 33.0 Å². The minimum Gasteiger partial charge on any atom is -0.496 e. The van der Waals surface area contributed by atoms with Gasteiger partial charge in [-0.3, -0.25) is 0 Å². The van der Waals surface area contributed by atoms with Gasteiger partial charge in [0.2, 0.25) is 0 Å². The number of nitriles is 1. The lowest BCUT2D eigenvalue weighted by Gasteiger charge is -2.10. The van der Waals surface area contributed by atoms with E-state index in [2.05, 4.69) is 0 Å². The average molecular weight is 245 g/mol. The number of halogens is 2. The molecule has 0 spiro atoms. The van der Waals surface area contributed by atoms with Gasteiger partial charge in [-0.15, -0.1) is 0 Å². The minimum atomic E-state index is -1.04. The summed E-state index contributed by atoms with van der Waals surface area (Å²) < 4.78 is 31.5. The van der Waals surface area contributed by atoms with Gasteiger partial charge in [-0.05, 0) is 18.2 Å². The molecule has 0 radical (unpaired) electrons. The average Bonchev–Trinajstić information content (AvgIpc) is 2.41. The molecular formula is C14H9F2NO. The molecule has 0 bridgehead atoms. The van der Waals surface area contributed by atoms with Gasteiger partial charge in [0.1, 0.15) is 5.75 Å². The van der Waals surface area contributed by atoms with Crippen LogP contribution in [0, 0.1) is 23.0 Å². The molecule has 0 N–H and O–H groups in total. The number of para-hydroxylation sites is 1. The Kier molecular flexibility index (Phi) is 3.24. The van der Waals surface area contributed by atoms with Gasteiger partial charge in [-0.25, -0.2) is 8.78 Å². The molecule has 0 fully saturated rings. The molecule has 0 atom stereocenters. The second kappa shape index (κ2) is 4.84. The highest BCUT2D eigenvalue weighted by Crippen LogP contribution is 2.33. The standard InChI is InChI=1S/C14H9F2NO/c1-18-14-5-3-2-4-10(14)11-7-13(16)12(15)6-9(11)8-17/h2-7H,1H3.